The summed E-state index contributed by atoms with van der Waals surface area (Å²) in [5.74, 6) is -0.194. The zero-order valence-corrected chi connectivity index (χ0v) is 13.7. The van der Waals surface area contributed by atoms with Crippen LogP contribution in [0.25, 0.3) is 0 Å². The van der Waals surface area contributed by atoms with Crippen LogP contribution in [0.2, 0.25) is 0 Å². The first-order valence-electron chi connectivity index (χ1n) is 8.11. The smallest absolute Gasteiger partial charge is 0.221 e. The van der Waals surface area contributed by atoms with Crippen LogP contribution in [0.3, 0.4) is 0 Å². The second kappa shape index (κ2) is 8.35. The highest BCUT2D eigenvalue weighted by molar-refractivity contribution is 5.76. The van der Waals surface area contributed by atoms with Crippen molar-refractivity contribution in [1.82, 2.24) is 10.2 Å². The number of carbonyl (C=O) groups is 1. The van der Waals surface area contributed by atoms with Gasteiger partial charge in [-0.25, -0.2) is 0 Å². The minimum absolute atomic E-state index is 0.0123. The second-order valence-corrected chi connectivity index (χ2v) is 6.49. The molecule has 1 saturated heterocycles. The third-order valence-electron chi connectivity index (χ3n) is 4.55. The molecular formula is C16H30N4O. The summed E-state index contributed by atoms with van der Waals surface area (Å²) < 4.78 is 0. The average Bonchev–Trinajstić information content (AvgIpc) is 2.47. The van der Waals surface area contributed by atoms with Crippen molar-refractivity contribution in [2.24, 2.45) is 11.7 Å². The lowest BCUT2D eigenvalue weighted by Crippen LogP contribution is -2.47. The number of hydrogen-bond donors (Lipinski definition) is 2. The number of carbonyl (C=O) groups excluding carboxylic acids is 1. The predicted molar refractivity (Wildman–Crippen MR) is 84.5 cm³/mol. The molecule has 0 spiro atoms. The van der Waals surface area contributed by atoms with E-state index >= 15 is 0 Å². The molecule has 5 nitrogen and oxygen atoms in total. The van der Waals surface area contributed by atoms with E-state index in [2.05, 4.69) is 30.1 Å². The largest absolute Gasteiger partial charge is 0.369 e. The summed E-state index contributed by atoms with van der Waals surface area (Å²) in [6, 6.07) is 2.88. The zero-order chi connectivity index (χ0) is 15.9. The number of nitriles is 1. The molecule has 1 fully saturated rings. The Morgan fingerprint density at radius 1 is 1.52 bits per heavy atom. The summed E-state index contributed by atoms with van der Waals surface area (Å²) in [4.78, 5) is 13.7. The SMILES string of the molecule is CCCNC(C)(C#N)CCCN1CC(C(N)=O)CCC1C. The minimum atomic E-state index is -0.446. The van der Waals surface area contributed by atoms with E-state index in [-0.39, 0.29) is 11.8 Å². The predicted octanol–water partition coefficient (Wildman–Crippen LogP) is 1.63. The molecule has 0 radical (unpaired) electrons. The molecule has 0 saturated carbocycles. The van der Waals surface area contributed by atoms with E-state index in [1.54, 1.807) is 0 Å². The first-order chi connectivity index (χ1) is 9.91. The monoisotopic (exact) mass is 294 g/mol. The maximum absolute atomic E-state index is 11.3. The van der Waals surface area contributed by atoms with Gasteiger partial charge in [-0.2, -0.15) is 5.26 Å². The van der Waals surface area contributed by atoms with Gasteiger partial charge in [0, 0.05) is 12.6 Å². The summed E-state index contributed by atoms with van der Waals surface area (Å²) in [5.41, 5.74) is 4.98. The van der Waals surface area contributed by atoms with Crippen molar-refractivity contribution in [3.8, 4) is 6.07 Å². The zero-order valence-electron chi connectivity index (χ0n) is 13.7. The van der Waals surface area contributed by atoms with Gasteiger partial charge in [-0.1, -0.05) is 6.92 Å². The Morgan fingerprint density at radius 2 is 2.24 bits per heavy atom. The fourth-order valence-electron chi connectivity index (χ4n) is 2.94. The number of nitrogens with one attached hydrogen (secondary N) is 1. The van der Waals surface area contributed by atoms with Crippen LogP contribution in [0.5, 0.6) is 0 Å². The lowest BCUT2D eigenvalue weighted by Gasteiger charge is -2.37. The summed E-state index contributed by atoms with van der Waals surface area (Å²) in [6.07, 6.45) is 4.74. The molecule has 1 heterocycles. The van der Waals surface area contributed by atoms with E-state index in [1.165, 1.54) is 0 Å². The molecule has 0 aliphatic carbocycles. The van der Waals surface area contributed by atoms with E-state index < -0.39 is 5.54 Å². The Hall–Kier alpha value is -1.12. The number of primary amides is 1. The average molecular weight is 294 g/mol. The fraction of sp³-hybridized carbons (Fsp3) is 0.875. The molecule has 3 atom stereocenters. The first kappa shape index (κ1) is 17.9. The molecule has 3 N–H and O–H groups in total. The third-order valence-corrected chi connectivity index (χ3v) is 4.55. The normalized spacial score (nSPS) is 26.0. The molecule has 0 aromatic heterocycles. The van der Waals surface area contributed by atoms with E-state index in [4.69, 9.17) is 5.73 Å². The summed E-state index contributed by atoms with van der Waals surface area (Å²) in [5, 5.41) is 12.6. The summed E-state index contributed by atoms with van der Waals surface area (Å²) >= 11 is 0. The Morgan fingerprint density at radius 3 is 2.81 bits per heavy atom. The minimum Gasteiger partial charge on any atom is -0.369 e. The van der Waals surface area contributed by atoms with Gasteiger partial charge in [-0.05, 0) is 59.0 Å². The molecule has 1 rings (SSSR count). The van der Waals surface area contributed by atoms with Crippen molar-refractivity contribution >= 4 is 5.91 Å². The quantitative estimate of drug-likeness (QED) is 0.713. The molecule has 5 heteroatoms. The molecular weight excluding hydrogens is 264 g/mol. The molecule has 21 heavy (non-hydrogen) atoms. The van der Waals surface area contributed by atoms with Gasteiger partial charge < -0.3 is 5.73 Å². The Kier molecular flexibility index (Phi) is 7.13. The summed E-state index contributed by atoms with van der Waals surface area (Å²) in [6.45, 7) is 8.83. The van der Waals surface area contributed by atoms with Crippen LogP contribution in [0.1, 0.15) is 52.9 Å². The molecule has 0 aromatic rings. The van der Waals surface area contributed by atoms with Crippen molar-refractivity contribution in [2.75, 3.05) is 19.6 Å². The third kappa shape index (κ3) is 5.64. The first-order valence-corrected chi connectivity index (χ1v) is 8.11. The molecule has 1 aliphatic heterocycles. The van der Waals surface area contributed by atoms with Crippen LogP contribution in [-0.2, 0) is 4.79 Å². The van der Waals surface area contributed by atoms with Gasteiger partial charge in [-0.3, -0.25) is 15.0 Å². The standard InChI is InChI=1S/C16H30N4O/c1-4-9-19-16(3,12-17)8-5-10-20-11-14(15(18)21)7-6-13(20)2/h13-14,19H,4-11H2,1-3H3,(H2,18,21). The molecule has 0 aromatic carbocycles. The molecule has 0 bridgehead atoms. The molecule has 1 amide bonds. The van der Waals surface area contributed by atoms with Gasteiger partial charge in [0.1, 0.15) is 5.54 Å². The molecule has 120 valence electrons. The number of hydrogen-bond acceptors (Lipinski definition) is 4. The topological polar surface area (TPSA) is 82.2 Å². The van der Waals surface area contributed by atoms with Gasteiger partial charge in [0.2, 0.25) is 5.91 Å². The highest BCUT2D eigenvalue weighted by atomic mass is 16.1. The second-order valence-electron chi connectivity index (χ2n) is 6.49. The Labute approximate surface area is 128 Å². The van der Waals surface area contributed by atoms with Crippen LogP contribution >= 0.6 is 0 Å². The Bertz CT molecular complexity index is 379. The number of rotatable bonds is 8. The van der Waals surface area contributed by atoms with Crippen molar-refractivity contribution < 1.29 is 4.79 Å². The van der Waals surface area contributed by atoms with E-state index in [0.717, 1.165) is 51.7 Å². The van der Waals surface area contributed by atoms with E-state index in [1.807, 2.05) is 6.92 Å². The molecule has 3 unspecified atom stereocenters. The lowest BCUT2D eigenvalue weighted by atomic mass is 9.92. The van der Waals surface area contributed by atoms with Crippen LogP contribution in [0.4, 0.5) is 0 Å². The van der Waals surface area contributed by atoms with Crippen LogP contribution < -0.4 is 11.1 Å². The maximum Gasteiger partial charge on any atom is 0.221 e. The summed E-state index contributed by atoms with van der Waals surface area (Å²) in [7, 11) is 0. The van der Waals surface area contributed by atoms with Crippen molar-refractivity contribution in [2.45, 2.75) is 64.5 Å². The van der Waals surface area contributed by atoms with E-state index in [9.17, 15) is 10.1 Å². The van der Waals surface area contributed by atoms with Crippen LogP contribution in [-0.4, -0.2) is 42.0 Å². The van der Waals surface area contributed by atoms with Crippen LogP contribution in [0.15, 0.2) is 0 Å². The fourth-order valence-corrected chi connectivity index (χ4v) is 2.94. The van der Waals surface area contributed by atoms with E-state index in [0.29, 0.717) is 6.04 Å². The number of nitrogens with two attached hydrogens (primary N) is 1. The highest BCUT2D eigenvalue weighted by Gasteiger charge is 2.29. The lowest BCUT2D eigenvalue weighted by molar-refractivity contribution is -0.123. The number of likely N-dealkylation sites (tertiary alicyclic amines) is 1. The van der Waals surface area contributed by atoms with Crippen molar-refractivity contribution in [3.05, 3.63) is 0 Å². The van der Waals surface area contributed by atoms with Gasteiger partial charge in [-0.15, -0.1) is 0 Å². The van der Waals surface area contributed by atoms with Crippen molar-refractivity contribution in [3.63, 3.8) is 0 Å². The number of piperidine rings is 1. The van der Waals surface area contributed by atoms with Gasteiger partial charge >= 0.3 is 0 Å². The van der Waals surface area contributed by atoms with Gasteiger partial charge in [0.15, 0.2) is 0 Å². The molecule has 1 aliphatic rings. The Balaban J connectivity index is 2.42. The number of nitrogens with zero attached hydrogens (tertiary/aromatic N) is 2. The number of amides is 1. The highest BCUT2D eigenvalue weighted by Crippen LogP contribution is 2.22. The van der Waals surface area contributed by atoms with Crippen LogP contribution in [0, 0.1) is 17.2 Å². The maximum atomic E-state index is 11.3. The van der Waals surface area contributed by atoms with Crippen molar-refractivity contribution in [1.29, 1.82) is 5.26 Å². The van der Waals surface area contributed by atoms with Gasteiger partial charge in [0.05, 0.1) is 12.0 Å². The van der Waals surface area contributed by atoms with Gasteiger partial charge in [0.25, 0.3) is 0 Å².